The molecule has 0 saturated carbocycles. The fraction of sp³-hybridized carbons (Fsp3) is 0.600. The molecule has 1 aromatic rings. The minimum absolute atomic E-state index is 0.0167. The lowest BCUT2D eigenvalue weighted by molar-refractivity contribution is -0.0759. The zero-order chi connectivity index (χ0) is 12.5. The van der Waals surface area contributed by atoms with Gasteiger partial charge in [-0.05, 0) is 56.2 Å². The second-order valence-corrected chi connectivity index (χ2v) is 5.70. The van der Waals surface area contributed by atoms with Crippen LogP contribution in [0.4, 0.5) is 4.39 Å². The number of hydrogen-bond acceptors (Lipinski definition) is 1. The molecule has 1 nitrogen and oxygen atoms in total. The van der Waals surface area contributed by atoms with Crippen molar-refractivity contribution in [1.82, 2.24) is 0 Å². The molecule has 17 heavy (non-hydrogen) atoms. The van der Waals surface area contributed by atoms with Crippen LogP contribution in [0.15, 0.2) is 24.3 Å². The van der Waals surface area contributed by atoms with E-state index in [9.17, 15) is 4.39 Å². The van der Waals surface area contributed by atoms with Gasteiger partial charge in [0.15, 0.2) is 0 Å². The van der Waals surface area contributed by atoms with Crippen LogP contribution in [-0.2, 0) is 4.74 Å². The first-order valence-electron chi connectivity index (χ1n) is 6.37. The van der Waals surface area contributed by atoms with Gasteiger partial charge in [0, 0.05) is 6.61 Å². The van der Waals surface area contributed by atoms with Gasteiger partial charge in [0.2, 0.25) is 0 Å². The van der Waals surface area contributed by atoms with Gasteiger partial charge in [0.1, 0.15) is 5.82 Å². The third-order valence-electron chi connectivity index (χ3n) is 3.84. The molecule has 1 fully saturated rings. The summed E-state index contributed by atoms with van der Waals surface area (Å²) in [5.41, 5.74) is 1.21. The van der Waals surface area contributed by atoms with Crippen LogP contribution in [-0.4, -0.2) is 12.2 Å². The Balaban J connectivity index is 2.09. The van der Waals surface area contributed by atoms with Crippen LogP contribution >= 0.6 is 0 Å². The molecule has 2 unspecified atom stereocenters. The highest BCUT2D eigenvalue weighted by molar-refractivity contribution is 5.20. The molecule has 0 aliphatic carbocycles. The van der Waals surface area contributed by atoms with Crippen LogP contribution in [0.3, 0.4) is 0 Å². The molecule has 0 radical (unpaired) electrons. The minimum Gasteiger partial charge on any atom is -0.376 e. The lowest BCUT2D eigenvalue weighted by atomic mass is 9.77. The van der Waals surface area contributed by atoms with Crippen LogP contribution in [0.5, 0.6) is 0 Å². The summed E-state index contributed by atoms with van der Waals surface area (Å²) in [7, 11) is 0. The Hall–Kier alpha value is -0.890. The molecule has 2 rings (SSSR count). The number of benzene rings is 1. The Morgan fingerprint density at radius 1 is 1.29 bits per heavy atom. The summed E-state index contributed by atoms with van der Waals surface area (Å²) in [6.07, 6.45) is 2.17. The molecule has 1 aliphatic rings. The Kier molecular flexibility index (Phi) is 3.53. The zero-order valence-corrected chi connectivity index (χ0v) is 10.9. The predicted molar refractivity (Wildman–Crippen MR) is 67.6 cm³/mol. The number of halogens is 1. The first kappa shape index (κ1) is 12.6. The van der Waals surface area contributed by atoms with E-state index in [1.807, 2.05) is 12.1 Å². The van der Waals surface area contributed by atoms with E-state index in [4.69, 9.17) is 4.74 Å². The minimum atomic E-state index is -0.159. The third kappa shape index (κ3) is 3.06. The number of ether oxygens (including phenoxy) is 1. The standard InChI is InChI=1S/C15H21FO/c1-11(12-4-6-14(16)7-5-12)13-8-9-17-15(2,3)10-13/h4-7,11,13H,8-10H2,1-3H3. The van der Waals surface area contributed by atoms with Gasteiger partial charge in [0.25, 0.3) is 0 Å². The maximum absolute atomic E-state index is 12.9. The van der Waals surface area contributed by atoms with E-state index in [-0.39, 0.29) is 11.4 Å². The van der Waals surface area contributed by atoms with E-state index < -0.39 is 0 Å². The highest BCUT2D eigenvalue weighted by atomic mass is 19.1. The van der Waals surface area contributed by atoms with Crippen molar-refractivity contribution >= 4 is 0 Å². The molecule has 1 saturated heterocycles. The molecule has 1 heterocycles. The lowest BCUT2D eigenvalue weighted by Gasteiger charge is -2.38. The summed E-state index contributed by atoms with van der Waals surface area (Å²) in [6.45, 7) is 7.37. The summed E-state index contributed by atoms with van der Waals surface area (Å²) in [5.74, 6) is 0.941. The summed E-state index contributed by atoms with van der Waals surface area (Å²) < 4.78 is 18.6. The van der Waals surface area contributed by atoms with Gasteiger partial charge in [-0.3, -0.25) is 0 Å². The average Bonchev–Trinajstić information content (AvgIpc) is 2.28. The molecule has 0 amide bonds. The van der Waals surface area contributed by atoms with Crippen LogP contribution in [0.2, 0.25) is 0 Å². The highest BCUT2D eigenvalue weighted by Gasteiger charge is 2.32. The Morgan fingerprint density at radius 3 is 2.53 bits per heavy atom. The molecular weight excluding hydrogens is 215 g/mol. The molecule has 0 spiro atoms. The smallest absolute Gasteiger partial charge is 0.123 e. The molecule has 1 aliphatic heterocycles. The van der Waals surface area contributed by atoms with Gasteiger partial charge >= 0.3 is 0 Å². The Bertz CT molecular complexity index is 369. The summed E-state index contributed by atoms with van der Waals surface area (Å²) in [4.78, 5) is 0. The third-order valence-corrected chi connectivity index (χ3v) is 3.84. The number of hydrogen-bond donors (Lipinski definition) is 0. The number of rotatable bonds is 2. The maximum Gasteiger partial charge on any atom is 0.123 e. The van der Waals surface area contributed by atoms with Gasteiger partial charge < -0.3 is 4.74 Å². The first-order chi connectivity index (χ1) is 7.98. The molecular formula is C15H21FO. The molecule has 1 aromatic carbocycles. The van der Waals surface area contributed by atoms with Gasteiger partial charge in [-0.25, -0.2) is 4.39 Å². The molecule has 0 aromatic heterocycles. The van der Waals surface area contributed by atoms with Crippen molar-refractivity contribution < 1.29 is 9.13 Å². The monoisotopic (exact) mass is 236 g/mol. The normalized spacial score (nSPS) is 25.5. The molecule has 94 valence electrons. The van der Waals surface area contributed by atoms with E-state index in [2.05, 4.69) is 20.8 Å². The van der Waals surface area contributed by atoms with Crippen LogP contribution in [0, 0.1) is 11.7 Å². The predicted octanol–water partition coefficient (Wildman–Crippen LogP) is 4.13. The molecule has 2 heteroatoms. The van der Waals surface area contributed by atoms with E-state index in [0.29, 0.717) is 11.8 Å². The van der Waals surface area contributed by atoms with Crippen LogP contribution in [0.25, 0.3) is 0 Å². The van der Waals surface area contributed by atoms with Crippen molar-refractivity contribution in [3.8, 4) is 0 Å². The van der Waals surface area contributed by atoms with Crippen molar-refractivity contribution in [3.05, 3.63) is 35.6 Å². The molecule has 0 bridgehead atoms. The molecule has 2 atom stereocenters. The van der Waals surface area contributed by atoms with Crippen molar-refractivity contribution in [2.45, 2.75) is 45.1 Å². The fourth-order valence-corrected chi connectivity index (χ4v) is 2.74. The SMILES string of the molecule is CC(c1ccc(F)cc1)C1CCOC(C)(C)C1. The second-order valence-electron chi connectivity index (χ2n) is 5.70. The van der Waals surface area contributed by atoms with E-state index in [0.717, 1.165) is 19.4 Å². The van der Waals surface area contributed by atoms with Crippen molar-refractivity contribution in [2.75, 3.05) is 6.61 Å². The van der Waals surface area contributed by atoms with Gasteiger partial charge in [-0.15, -0.1) is 0 Å². The Labute approximate surface area is 103 Å². The summed E-state index contributed by atoms with van der Waals surface area (Å²) in [6, 6.07) is 6.91. The Morgan fingerprint density at radius 2 is 1.94 bits per heavy atom. The first-order valence-corrected chi connectivity index (χ1v) is 6.37. The van der Waals surface area contributed by atoms with Gasteiger partial charge in [0.05, 0.1) is 5.60 Å². The summed E-state index contributed by atoms with van der Waals surface area (Å²) in [5, 5.41) is 0. The maximum atomic E-state index is 12.9. The average molecular weight is 236 g/mol. The van der Waals surface area contributed by atoms with Crippen LogP contribution < -0.4 is 0 Å². The zero-order valence-electron chi connectivity index (χ0n) is 10.9. The quantitative estimate of drug-likeness (QED) is 0.750. The topological polar surface area (TPSA) is 9.23 Å². The van der Waals surface area contributed by atoms with E-state index in [1.165, 1.54) is 5.56 Å². The highest BCUT2D eigenvalue weighted by Crippen LogP contribution is 2.37. The summed E-state index contributed by atoms with van der Waals surface area (Å²) >= 11 is 0. The van der Waals surface area contributed by atoms with Gasteiger partial charge in [-0.2, -0.15) is 0 Å². The van der Waals surface area contributed by atoms with Crippen molar-refractivity contribution in [1.29, 1.82) is 0 Å². The largest absolute Gasteiger partial charge is 0.376 e. The molecule has 0 N–H and O–H groups in total. The van der Waals surface area contributed by atoms with E-state index in [1.54, 1.807) is 12.1 Å². The fourth-order valence-electron chi connectivity index (χ4n) is 2.74. The van der Waals surface area contributed by atoms with Gasteiger partial charge in [-0.1, -0.05) is 19.1 Å². The van der Waals surface area contributed by atoms with Crippen molar-refractivity contribution in [2.24, 2.45) is 5.92 Å². The van der Waals surface area contributed by atoms with Crippen molar-refractivity contribution in [3.63, 3.8) is 0 Å². The lowest BCUT2D eigenvalue weighted by Crippen LogP contribution is -2.35. The van der Waals surface area contributed by atoms with E-state index >= 15 is 0 Å². The van der Waals surface area contributed by atoms with Crippen LogP contribution in [0.1, 0.15) is 45.1 Å². The second kappa shape index (κ2) is 4.77.